The summed E-state index contributed by atoms with van der Waals surface area (Å²) >= 11 is 0. The SMILES string of the molecule is O=C(c1ccn(C2CCCNC2)n1)N1CCCCc2ccccc21. The van der Waals surface area contributed by atoms with Gasteiger partial charge >= 0.3 is 0 Å². The van der Waals surface area contributed by atoms with Crippen LogP contribution >= 0.6 is 0 Å². The number of benzene rings is 1. The molecule has 3 heterocycles. The van der Waals surface area contributed by atoms with Crippen molar-refractivity contribution in [3.8, 4) is 0 Å². The summed E-state index contributed by atoms with van der Waals surface area (Å²) < 4.78 is 1.96. The van der Waals surface area contributed by atoms with Gasteiger partial charge in [0.2, 0.25) is 0 Å². The highest BCUT2D eigenvalue weighted by Crippen LogP contribution is 2.27. The van der Waals surface area contributed by atoms with Crippen molar-refractivity contribution in [1.29, 1.82) is 0 Å². The van der Waals surface area contributed by atoms with Gasteiger partial charge in [0.25, 0.3) is 5.91 Å². The van der Waals surface area contributed by atoms with Gasteiger partial charge in [0.1, 0.15) is 0 Å². The Bertz CT molecular complexity index is 718. The maximum absolute atomic E-state index is 13.0. The first-order valence-electron chi connectivity index (χ1n) is 8.98. The molecule has 0 radical (unpaired) electrons. The number of nitrogens with zero attached hydrogens (tertiary/aromatic N) is 3. The van der Waals surface area contributed by atoms with Crippen molar-refractivity contribution in [1.82, 2.24) is 15.1 Å². The number of aryl methyl sites for hydroxylation is 1. The molecule has 1 aromatic carbocycles. The summed E-state index contributed by atoms with van der Waals surface area (Å²) in [6.45, 7) is 2.78. The molecule has 0 spiro atoms. The van der Waals surface area contributed by atoms with Crippen LogP contribution in [0, 0.1) is 0 Å². The molecule has 0 bridgehead atoms. The Morgan fingerprint density at radius 1 is 1.17 bits per heavy atom. The minimum absolute atomic E-state index is 0.0202. The quantitative estimate of drug-likeness (QED) is 0.924. The fourth-order valence-corrected chi connectivity index (χ4v) is 3.76. The largest absolute Gasteiger partial charge is 0.315 e. The zero-order chi connectivity index (χ0) is 16.4. The normalized spacial score (nSPS) is 21.2. The van der Waals surface area contributed by atoms with E-state index in [1.54, 1.807) is 0 Å². The molecule has 0 saturated carbocycles. The molecule has 1 saturated heterocycles. The van der Waals surface area contributed by atoms with E-state index in [1.165, 1.54) is 5.56 Å². The lowest BCUT2D eigenvalue weighted by atomic mass is 10.1. The van der Waals surface area contributed by atoms with Crippen LogP contribution in [0.1, 0.15) is 47.8 Å². The first-order valence-corrected chi connectivity index (χ1v) is 8.98. The third-order valence-corrected chi connectivity index (χ3v) is 5.08. The van der Waals surface area contributed by atoms with Gasteiger partial charge in [-0.3, -0.25) is 9.48 Å². The smallest absolute Gasteiger partial charge is 0.278 e. The Kier molecular flexibility index (Phi) is 4.34. The van der Waals surface area contributed by atoms with E-state index in [4.69, 9.17) is 0 Å². The molecule has 2 aliphatic heterocycles. The Morgan fingerprint density at radius 2 is 2.08 bits per heavy atom. The van der Waals surface area contributed by atoms with Gasteiger partial charge in [-0.2, -0.15) is 5.10 Å². The van der Waals surface area contributed by atoms with Crippen LogP contribution in [0.5, 0.6) is 0 Å². The van der Waals surface area contributed by atoms with Gasteiger partial charge in [-0.1, -0.05) is 18.2 Å². The monoisotopic (exact) mass is 324 g/mol. The highest BCUT2D eigenvalue weighted by molar-refractivity contribution is 6.05. The van der Waals surface area contributed by atoms with Crippen LogP contribution in [0.3, 0.4) is 0 Å². The van der Waals surface area contributed by atoms with E-state index in [1.807, 2.05) is 27.9 Å². The second kappa shape index (κ2) is 6.77. The summed E-state index contributed by atoms with van der Waals surface area (Å²) in [5.41, 5.74) is 2.87. The maximum Gasteiger partial charge on any atom is 0.278 e. The first-order chi connectivity index (χ1) is 11.8. The predicted molar refractivity (Wildman–Crippen MR) is 94.4 cm³/mol. The van der Waals surface area contributed by atoms with Crippen molar-refractivity contribution < 1.29 is 4.79 Å². The minimum atomic E-state index is 0.0202. The second-order valence-electron chi connectivity index (χ2n) is 6.72. The lowest BCUT2D eigenvalue weighted by Crippen LogP contribution is -2.33. The summed E-state index contributed by atoms with van der Waals surface area (Å²) in [4.78, 5) is 15.0. The van der Waals surface area contributed by atoms with Gasteiger partial charge in [0, 0.05) is 25.0 Å². The Labute approximate surface area is 142 Å². The topological polar surface area (TPSA) is 50.2 Å². The number of carbonyl (C=O) groups is 1. The zero-order valence-corrected chi connectivity index (χ0v) is 13.9. The van der Waals surface area contributed by atoms with Crippen LogP contribution in [-0.2, 0) is 6.42 Å². The van der Waals surface area contributed by atoms with Crippen molar-refractivity contribution in [2.45, 2.75) is 38.1 Å². The Morgan fingerprint density at radius 3 is 2.96 bits per heavy atom. The minimum Gasteiger partial charge on any atom is -0.315 e. The standard InChI is InChI=1S/C19H24N4O/c24-19(17-10-13-23(21-17)16-8-5-11-20-14-16)22-12-4-3-7-15-6-1-2-9-18(15)22/h1-2,6,9-10,13,16,20H,3-5,7-8,11-12,14H2. The number of aromatic nitrogens is 2. The molecule has 4 rings (SSSR count). The van der Waals surface area contributed by atoms with Crippen molar-refractivity contribution >= 4 is 11.6 Å². The van der Waals surface area contributed by atoms with Crippen LogP contribution in [0.15, 0.2) is 36.5 Å². The molecule has 24 heavy (non-hydrogen) atoms. The molecule has 5 nitrogen and oxygen atoms in total. The number of hydrogen-bond donors (Lipinski definition) is 1. The number of fused-ring (bicyclic) bond motifs is 1. The van der Waals surface area contributed by atoms with E-state index in [0.717, 1.165) is 57.4 Å². The van der Waals surface area contributed by atoms with Crippen LogP contribution in [-0.4, -0.2) is 35.3 Å². The molecule has 126 valence electrons. The molecule has 1 fully saturated rings. The molecule has 1 amide bonds. The van der Waals surface area contributed by atoms with E-state index in [2.05, 4.69) is 28.6 Å². The first kappa shape index (κ1) is 15.4. The molecular weight excluding hydrogens is 300 g/mol. The zero-order valence-electron chi connectivity index (χ0n) is 13.9. The highest BCUT2D eigenvalue weighted by atomic mass is 16.2. The van der Waals surface area contributed by atoms with E-state index in [-0.39, 0.29) is 5.91 Å². The number of para-hydroxylation sites is 1. The molecule has 1 unspecified atom stereocenters. The third kappa shape index (κ3) is 2.96. The third-order valence-electron chi connectivity index (χ3n) is 5.08. The fourth-order valence-electron chi connectivity index (χ4n) is 3.76. The highest BCUT2D eigenvalue weighted by Gasteiger charge is 2.25. The van der Waals surface area contributed by atoms with Gasteiger partial charge in [-0.15, -0.1) is 0 Å². The Balaban J connectivity index is 1.58. The second-order valence-corrected chi connectivity index (χ2v) is 6.72. The van der Waals surface area contributed by atoms with Crippen molar-refractivity contribution in [2.24, 2.45) is 0 Å². The van der Waals surface area contributed by atoms with Crippen molar-refractivity contribution in [3.05, 3.63) is 47.8 Å². The lowest BCUT2D eigenvalue weighted by Gasteiger charge is -2.23. The van der Waals surface area contributed by atoms with E-state index < -0.39 is 0 Å². The van der Waals surface area contributed by atoms with E-state index in [9.17, 15) is 4.79 Å². The van der Waals surface area contributed by atoms with E-state index in [0.29, 0.717) is 11.7 Å². The Hall–Kier alpha value is -2.14. The van der Waals surface area contributed by atoms with Gasteiger partial charge in [0.15, 0.2) is 5.69 Å². The van der Waals surface area contributed by atoms with Crippen LogP contribution in [0.2, 0.25) is 0 Å². The number of nitrogens with one attached hydrogen (secondary N) is 1. The summed E-state index contributed by atoms with van der Waals surface area (Å²) in [6, 6.07) is 10.5. The molecule has 0 aliphatic carbocycles. The van der Waals surface area contributed by atoms with E-state index >= 15 is 0 Å². The molecule has 1 atom stereocenters. The van der Waals surface area contributed by atoms with Crippen LogP contribution in [0.25, 0.3) is 0 Å². The maximum atomic E-state index is 13.0. The number of rotatable bonds is 2. The average molecular weight is 324 g/mol. The number of carbonyl (C=O) groups excluding carboxylic acids is 1. The molecule has 2 aromatic rings. The van der Waals surface area contributed by atoms with Crippen LogP contribution in [0.4, 0.5) is 5.69 Å². The summed E-state index contributed by atoms with van der Waals surface area (Å²) in [7, 11) is 0. The van der Waals surface area contributed by atoms with Crippen LogP contribution < -0.4 is 10.2 Å². The number of amides is 1. The van der Waals surface area contributed by atoms with Crippen molar-refractivity contribution in [3.63, 3.8) is 0 Å². The summed E-state index contributed by atoms with van der Waals surface area (Å²) in [5.74, 6) is 0.0202. The number of hydrogen-bond acceptors (Lipinski definition) is 3. The van der Waals surface area contributed by atoms with Gasteiger partial charge in [0.05, 0.1) is 6.04 Å². The summed E-state index contributed by atoms with van der Waals surface area (Å²) in [5, 5.41) is 8.00. The molecule has 1 aromatic heterocycles. The molecule has 1 N–H and O–H groups in total. The van der Waals surface area contributed by atoms with Gasteiger partial charge in [-0.25, -0.2) is 0 Å². The van der Waals surface area contributed by atoms with Crippen molar-refractivity contribution in [2.75, 3.05) is 24.5 Å². The number of piperidine rings is 1. The molecular formula is C19H24N4O. The lowest BCUT2D eigenvalue weighted by molar-refractivity contribution is 0.0981. The van der Waals surface area contributed by atoms with Gasteiger partial charge < -0.3 is 10.2 Å². The van der Waals surface area contributed by atoms with Gasteiger partial charge in [-0.05, 0) is 56.3 Å². The average Bonchev–Trinajstić information content (AvgIpc) is 3.03. The number of anilines is 1. The molecule has 2 aliphatic rings. The summed E-state index contributed by atoms with van der Waals surface area (Å²) in [6.07, 6.45) is 7.44. The molecule has 5 heteroatoms. The predicted octanol–water partition coefficient (Wildman–Crippen LogP) is 2.79. The fraction of sp³-hybridized carbons (Fsp3) is 0.474.